The zero-order valence-corrected chi connectivity index (χ0v) is 18.2. The lowest BCUT2D eigenvalue weighted by atomic mass is 10.0. The Balaban J connectivity index is 1.55. The van der Waals surface area contributed by atoms with Gasteiger partial charge in [0, 0.05) is 12.3 Å². The molecule has 4 aromatic rings. The van der Waals surface area contributed by atoms with Gasteiger partial charge in [-0.3, -0.25) is 4.98 Å². The number of methoxy groups -OCH3 is 1. The smallest absolute Gasteiger partial charge is 0.185 e. The summed E-state index contributed by atoms with van der Waals surface area (Å²) >= 11 is 0. The lowest BCUT2D eigenvalue weighted by Gasteiger charge is -2.18. The minimum Gasteiger partial charge on any atom is -0.504 e. The van der Waals surface area contributed by atoms with E-state index in [1.165, 1.54) is 12.3 Å². The van der Waals surface area contributed by atoms with Crippen LogP contribution in [0.1, 0.15) is 28.5 Å². The number of aliphatic hydroxyl groups is 1. The maximum absolute atomic E-state index is 11.1. The van der Waals surface area contributed by atoms with Gasteiger partial charge in [0.25, 0.3) is 0 Å². The zero-order chi connectivity index (χ0) is 23.0. The number of pyridine rings is 1. The van der Waals surface area contributed by atoms with Gasteiger partial charge in [0.05, 0.1) is 7.11 Å². The summed E-state index contributed by atoms with van der Waals surface area (Å²) in [5.74, 6) is 1.08. The molecule has 0 amide bonds. The minimum absolute atomic E-state index is 0.0928. The quantitative estimate of drug-likeness (QED) is 0.377. The molecule has 168 valence electrons. The van der Waals surface area contributed by atoms with Crippen molar-refractivity contribution < 1.29 is 24.4 Å². The first kappa shape index (κ1) is 22.2. The molecule has 0 radical (unpaired) electrons. The van der Waals surface area contributed by atoms with Crippen LogP contribution in [0.4, 0.5) is 0 Å². The van der Waals surface area contributed by atoms with Crippen LogP contribution < -0.4 is 14.2 Å². The molecule has 4 rings (SSSR count). The van der Waals surface area contributed by atoms with E-state index in [0.29, 0.717) is 23.7 Å². The molecule has 6 nitrogen and oxygen atoms in total. The van der Waals surface area contributed by atoms with Crippen molar-refractivity contribution in [3.8, 4) is 23.0 Å². The van der Waals surface area contributed by atoms with Crippen molar-refractivity contribution in [2.75, 3.05) is 7.11 Å². The fourth-order valence-corrected chi connectivity index (χ4v) is 3.39. The maximum Gasteiger partial charge on any atom is 0.185 e. The molecule has 0 bridgehead atoms. The van der Waals surface area contributed by atoms with Crippen molar-refractivity contribution in [2.24, 2.45) is 0 Å². The summed E-state index contributed by atoms with van der Waals surface area (Å²) in [6, 6.07) is 26.0. The van der Waals surface area contributed by atoms with Crippen LogP contribution in [0.25, 0.3) is 0 Å². The number of nitrogens with zero attached hydrogens (tertiary/aromatic N) is 1. The zero-order valence-electron chi connectivity index (χ0n) is 18.2. The topological polar surface area (TPSA) is 81.0 Å². The molecule has 0 saturated heterocycles. The van der Waals surface area contributed by atoms with Crippen LogP contribution in [0.2, 0.25) is 0 Å². The third-order valence-electron chi connectivity index (χ3n) is 5.14. The first-order valence-electron chi connectivity index (χ1n) is 10.5. The molecular formula is C27H25NO5. The first-order valence-corrected chi connectivity index (χ1v) is 10.5. The summed E-state index contributed by atoms with van der Waals surface area (Å²) in [5, 5.41) is 21.4. The van der Waals surface area contributed by atoms with Crippen molar-refractivity contribution >= 4 is 0 Å². The monoisotopic (exact) mass is 443 g/mol. The largest absolute Gasteiger partial charge is 0.504 e. The van der Waals surface area contributed by atoms with E-state index in [2.05, 4.69) is 4.98 Å². The third kappa shape index (κ3) is 5.42. The van der Waals surface area contributed by atoms with Gasteiger partial charge in [-0.1, -0.05) is 66.7 Å². The Labute approximate surface area is 192 Å². The van der Waals surface area contributed by atoms with Gasteiger partial charge >= 0.3 is 0 Å². The minimum atomic E-state index is -1.14. The van der Waals surface area contributed by atoms with E-state index in [-0.39, 0.29) is 23.8 Å². The summed E-state index contributed by atoms with van der Waals surface area (Å²) in [5.41, 5.74) is 2.71. The van der Waals surface area contributed by atoms with Gasteiger partial charge in [-0.15, -0.1) is 0 Å². The Hall–Kier alpha value is -4.03. The fourth-order valence-electron chi connectivity index (χ4n) is 3.39. The molecule has 1 unspecified atom stereocenters. The van der Waals surface area contributed by atoms with Crippen molar-refractivity contribution in [2.45, 2.75) is 19.3 Å². The number of aliphatic hydroxyl groups excluding tert-OH is 1. The summed E-state index contributed by atoms with van der Waals surface area (Å²) in [7, 11) is 1.54. The Morgan fingerprint density at radius 1 is 0.788 bits per heavy atom. The molecule has 1 aromatic heterocycles. The van der Waals surface area contributed by atoms with Gasteiger partial charge in [0.15, 0.2) is 23.0 Å². The van der Waals surface area contributed by atoms with Crippen LogP contribution in [0.15, 0.2) is 91.1 Å². The fraction of sp³-hybridized carbons (Fsp3) is 0.148. The van der Waals surface area contributed by atoms with E-state index >= 15 is 0 Å². The number of ether oxygens (including phenoxy) is 3. The van der Waals surface area contributed by atoms with Gasteiger partial charge in [-0.25, -0.2) is 0 Å². The van der Waals surface area contributed by atoms with E-state index in [4.69, 9.17) is 14.2 Å². The van der Waals surface area contributed by atoms with Gasteiger partial charge in [-0.05, 0) is 28.8 Å². The lowest BCUT2D eigenvalue weighted by Crippen LogP contribution is -2.07. The summed E-state index contributed by atoms with van der Waals surface area (Å²) < 4.78 is 17.2. The third-order valence-corrected chi connectivity index (χ3v) is 5.14. The second-order valence-corrected chi connectivity index (χ2v) is 7.41. The van der Waals surface area contributed by atoms with Crippen molar-refractivity contribution in [1.29, 1.82) is 0 Å². The summed E-state index contributed by atoms with van der Waals surface area (Å²) in [6.45, 7) is 0.625. The van der Waals surface area contributed by atoms with Crippen LogP contribution in [0.3, 0.4) is 0 Å². The summed E-state index contributed by atoms with van der Waals surface area (Å²) in [4.78, 5) is 4.27. The van der Waals surface area contributed by atoms with Crippen LogP contribution in [-0.2, 0) is 13.2 Å². The highest BCUT2D eigenvalue weighted by molar-refractivity contribution is 5.49. The molecule has 1 atom stereocenters. The predicted octanol–water partition coefficient (Wildman–Crippen LogP) is 5.04. The molecule has 0 aliphatic carbocycles. The molecular weight excluding hydrogens is 418 g/mol. The van der Waals surface area contributed by atoms with Crippen LogP contribution in [0.5, 0.6) is 23.0 Å². The molecule has 0 spiro atoms. The molecule has 0 saturated carbocycles. The highest BCUT2D eigenvalue weighted by Gasteiger charge is 2.22. The molecule has 0 aliphatic rings. The van der Waals surface area contributed by atoms with Gasteiger partial charge in [0.1, 0.15) is 25.0 Å². The molecule has 0 aliphatic heterocycles. The molecule has 1 heterocycles. The summed E-state index contributed by atoms with van der Waals surface area (Å²) in [6.07, 6.45) is 0.289. The highest BCUT2D eigenvalue weighted by atomic mass is 16.5. The first-order chi connectivity index (χ1) is 16.2. The number of hydrogen-bond acceptors (Lipinski definition) is 6. The van der Waals surface area contributed by atoms with E-state index < -0.39 is 6.10 Å². The Morgan fingerprint density at radius 3 is 2.06 bits per heavy atom. The number of aromatic nitrogens is 1. The van der Waals surface area contributed by atoms with Crippen molar-refractivity contribution in [3.05, 3.63) is 114 Å². The van der Waals surface area contributed by atoms with Crippen LogP contribution in [-0.4, -0.2) is 22.3 Å². The van der Waals surface area contributed by atoms with E-state index in [0.717, 1.165) is 11.1 Å². The van der Waals surface area contributed by atoms with Crippen LogP contribution in [0, 0.1) is 0 Å². The molecule has 2 N–H and O–H groups in total. The predicted molar refractivity (Wildman–Crippen MR) is 125 cm³/mol. The van der Waals surface area contributed by atoms with E-state index in [9.17, 15) is 10.2 Å². The average molecular weight is 443 g/mol. The Bertz CT molecular complexity index is 1180. The Morgan fingerprint density at radius 2 is 1.42 bits per heavy atom. The molecule has 0 fully saturated rings. The number of benzene rings is 3. The Kier molecular flexibility index (Phi) is 7.07. The molecule has 6 heteroatoms. The maximum atomic E-state index is 11.1. The molecule has 3 aromatic carbocycles. The van der Waals surface area contributed by atoms with E-state index in [1.807, 2.05) is 60.7 Å². The van der Waals surface area contributed by atoms with Crippen LogP contribution >= 0.6 is 0 Å². The normalized spacial score (nSPS) is 11.6. The second kappa shape index (κ2) is 10.5. The molecule has 33 heavy (non-hydrogen) atoms. The lowest BCUT2D eigenvalue weighted by molar-refractivity contribution is 0.200. The number of rotatable bonds is 9. The van der Waals surface area contributed by atoms with Gasteiger partial charge in [-0.2, -0.15) is 0 Å². The average Bonchev–Trinajstić information content (AvgIpc) is 2.87. The number of aromatic hydroxyl groups is 1. The van der Waals surface area contributed by atoms with Gasteiger partial charge < -0.3 is 24.4 Å². The van der Waals surface area contributed by atoms with Crippen molar-refractivity contribution in [3.63, 3.8) is 0 Å². The standard InChI is InChI=1S/C27H25NO5/c1-31-24-16-21(12-13-23(24)32-17-19-8-4-2-5-9-19)26(30)25-27(22(29)14-15-28-25)33-18-20-10-6-3-7-11-20/h2-16,26,30H,17-18H2,1H3,(H,28,29). The van der Waals surface area contributed by atoms with Crippen molar-refractivity contribution in [1.82, 2.24) is 4.98 Å². The van der Waals surface area contributed by atoms with Gasteiger partial charge in [0.2, 0.25) is 0 Å². The highest BCUT2D eigenvalue weighted by Crippen LogP contribution is 2.38. The number of hydrogen-bond donors (Lipinski definition) is 2. The second-order valence-electron chi connectivity index (χ2n) is 7.41. The van der Waals surface area contributed by atoms with E-state index in [1.54, 1.807) is 25.3 Å². The SMILES string of the molecule is COc1cc(C(O)c2nccc(O)c2OCc2ccccc2)ccc1OCc1ccccc1.